The van der Waals surface area contributed by atoms with Gasteiger partial charge in [0.05, 0.1) is 11.8 Å². The molecular weight excluding hydrogens is 366 g/mol. The molecule has 0 spiro atoms. The Morgan fingerprint density at radius 1 is 1.25 bits per heavy atom. The number of aliphatic hydroxyl groups excluding tert-OH is 1. The molecule has 0 bridgehead atoms. The van der Waals surface area contributed by atoms with E-state index in [1.165, 1.54) is 24.3 Å². The Bertz CT molecular complexity index is 899. The molecule has 150 valence electrons. The largest absolute Gasteiger partial charge is 0.508 e. The molecule has 0 fully saturated rings. The Labute approximate surface area is 162 Å². The smallest absolute Gasteiger partial charge is 0.159 e. The van der Waals surface area contributed by atoms with Gasteiger partial charge in [-0.3, -0.25) is 0 Å². The highest BCUT2D eigenvalue weighted by atomic mass is 19.2. The quantitative estimate of drug-likeness (QED) is 0.606. The molecule has 7 heteroatoms. The van der Waals surface area contributed by atoms with Gasteiger partial charge >= 0.3 is 0 Å². The van der Waals surface area contributed by atoms with Crippen molar-refractivity contribution in [3.63, 3.8) is 0 Å². The van der Waals surface area contributed by atoms with Gasteiger partial charge < -0.3 is 25.6 Å². The highest BCUT2D eigenvalue weighted by molar-refractivity contribution is 5.67. The number of fused-ring (bicyclic) bond motifs is 1. The lowest BCUT2D eigenvalue weighted by molar-refractivity contribution is 0.155. The molecule has 0 saturated heterocycles. The fourth-order valence-corrected chi connectivity index (χ4v) is 3.23. The lowest BCUT2D eigenvalue weighted by Crippen LogP contribution is -2.43. The van der Waals surface area contributed by atoms with E-state index < -0.39 is 23.3 Å². The number of anilines is 1. The van der Waals surface area contributed by atoms with E-state index >= 15 is 0 Å². The van der Waals surface area contributed by atoms with Crippen LogP contribution in [0.15, 0.2) is 42.6 Å². The summed E-state index contributed by atoms with van der Waals surface area (Å²) in [7, 11) is 0. The van der Waals surface area contributed by atoms with Gasteiger partial charge in [0.2, 0.25) is 0 Å². The maximum Gasteiger partial charge on any atom is 0.159 e. The number of aromatic hydroxyl groups is 1. The van der Waals surface area contributed by atoms with Crippen LogP contribution in [0.4, 0.5) is 14.5 Å². The minimum absolute atomic E-state index is 0.000326. The van der Waals surface area contributed by atoms with Crippen molar-refractivity contribution in [2.45, 2.75) is 31.9 Å². The number of ether oxygens (including phenoxy) is 1. The predicted octanol–water partition coefficient (Wildman–Crippen LogP) is 3.63. The predicted molar refractivity (Wildman–Crippen MR) is 103 cm³/mol. The number of β-amino-alcohol motifs (C(OH)–C–C–N with tert-alkyl or cyclic N) is 1. The standard InChI is InChI=1S/C21H24F2N2O3/c1-12-11-28-20-15(7-14(26)8-18(20)25-12)19(27)10-24-21(2,3)9-13-4-5-16(22)17(23)6-13/h4-8,19,24-27H,1,9-11H2,2-3H3. The summed E-state index contributed by atoms with van der Waals surface area (Å²) in [5.41, 5.74) is 1.81. The molecule has 2 aromatic rings. The van der Waals surface area contributed by atoms with Crippen molar-refractivity contribution in [1.82, 2.24) is 5.32 Å². The molecule has 1 aliphatic heterocycles. The van der Waals surface area contributed by atoms with Gasteiger partial charge in [0, 0.05) is 29.4 Å². The number of hydrogen-bond acceptors (Lipinski definition) is 5. The van der Waals surface area contributed by atoms with E-state index in [1.807, 2.05) is 13.8 Å². The van der Waals surface area contributed by atoms with Gasteiger partial charge in [-0.1, -0.05) is 12.6 Å². The Morgan fingerprint density at radius 2 is 2.00 bits per heavy atom. The first-order chi connectivity index (χ1) is 13.1. The molecule has 28 heavy (non-hydrogen) atoms. The summed E-state index contributed by atoms with van der Waals surface area (Å²) in [6.07, 6.45) is -0.509. The maximum atomic E-state index is 13.4. The van der Waals surface area contributed by atoms with Crippen LogP contribution in [0.3, 0.4) is 0 Å². The molecule has 2 aromatic carbocycles. The Hall–Kier alpha value is -2.64. The minimum Gasteiger partial charge on any atom is -0.508 e. The number of phenolic OH excluding ortho intramolecular Hbond substituents is 1. The number of aliphatic hydroxyl groups is 1. The second kappa shape index (κ2) is 7.77. The minimum atomic E-state index is -0.946. The fraction of sp³-hybridized carbons (Fsp3) is 0.333. The summed E-state index contributed by atoms with van der Waals surface area (Å²) in [6.45, 7) is 8.05. The van der Waals surface area contributed by atoms with E-state index in [-0.39, 0.29) is 18.9 Å². The van der Waals surface area contributed by atoms with E-state index in [0.717, 1.165) is 6.07 Å². The molecule has 4 N–H and O–H groups in total. The summed E-state index contributed by atoms with van der Waals surface area (Å²) in [5, 5.41) is 26.9. The molecule has 0 radical (unpaired) electrons. The van der Waals surface area contributed by atoms with Crippen molar-refractivity contribution in [2.75, 3.05) is 18.5 Å². The van der Waals surface area contributed by atoms with Crippen LogP contribution >= 0.6 is 0 Å². The molecule has 1 atom stereocenters. The van der Waals surface area contributed by atoms with Crippen molar-refractivity contribution in [3.05, 3.63) is 65.4 Å². The number of hydrogen-bond donors (Lipinski definition) is 4. The SMILES string of the molecule is C=C1COc2c(cc(O)cc2C(O)CNC(C)(C)Cc2ccc(F)c(F)c2)N1. The summed E-state index contributed by atoms with van der Waals surface area (Å²) in [6, 6.07) is 6.79. The topological polar surface area (TPSA) is 73.8 Å². The van der Waals surface area contributed by atoms with Gasteiger partial charge in [-0.2, -0.15) is 0 Å². The van der Waals surface area contributed by atoms with Crippen LogP contribution in [-0.4, -0.2) is 28.9 Å². The Kier molecular flexibility index (Phi) is 5.58. The van der Waals surface area contributed by atoms with Crippen LogP contribution < -0.4 is 15.4 Å². The Balaban J connectivity index is 1.70. The van der Waals surface area contributed by atoms with Gasteiger partial charge in [0.15, 0.2) is 11.6 Å². The van der Waals surface area contributed by atoms with Crippen LogP contribution in [0, 0.1) is 11.6 Å². The third-order valence-electron chi connectivity index (χ3n) is 4.57. The first-order valence-corrected chi connectivity index (χ1v) is 8.96. The fourth-order valence-electron chi connectivity index (χ4n) is 3.23. The zero-order valence-electron chi connectivity index (χ0n) is 15.9. The van der Waals surface area contributed by atoms with Crippen molar-refractivity contribution >= 4 is 5.69 Å². The molecule has 1 heterocycles. The first-order valence-electron chi connectivity index (χ1n) is 8.96. The van der Waals surface area contributed by atoms with Gasteiger partial charge in [-0.15, -0.1) is 0 Å². The lowest BCUT2D eigenvalue weighted by atomic mass is 9.94. The molecule has 0 amide bonds. The zero-order chi connectivity index (χ0) is 20.5. The molecular formula is C21H24F2N2O3. The monoisotopic (exact) mass is 390 g/mol. The summed E-state index contributed by atoms with van der Waals surface area (Å²) >= 11 is 0. The van der Waals surface area contributed by atoms with Gasteiger partial charge in [-0.25, -0.2) is 8.78 Å². The molecule has 1 unspecified atom stereocenters. The van der Waals surface area contributed by atoms with Crippen LogP contribution in [0.2, 0.25) is 0 Å². The number of halogens is 2. The second-order valence-electron chi connectivity index (χ2n) is 7.63. The number of nitrogens with one attached hydrogen (secondary N) is 2. The van der Waals surface area contributed by atoms with E-state index in [2.05, 4.69) is 17.2 Å². The average molecular weight is 390 g/mol. The lowest BCUT2D eigenvalue weighted by Gasteiger charge is -2.30. The Morgan fingerprint density at radius 3 is 2.71 bits per heavy atom. The highest BCUT2D eigenvalue weighted by Gasteiger charge is 2.25. The van der Waals surface area contributed by atoms with Crippen molar-refractivity contribution in [1.29, 1.82) is 0 Å². The zero-order valence-corrected chi connectivity index (χ0v) is 15.9. The molecule has 1 aliphatic rings. The molecule has 0 aliphatic carbocycles. The average Bonchev–Trinajstić information content (AvgIpc) is 2.61. The molecule has 0 aromatic heterocycles. The van der Waals surface area contributed by atoms with Crippen LogP contribution in [0.1, 0.15) is 31.1 Å². The first kappa shape index (κ1) is 20.1. The second-order valence-corrected chi connectivity index (χ2v) is 7.63. The third-order valence-corrected chi connectivity index (χ3v) is 4.57. The van der Waals surface area contributed by atoms with Crippen molar-refractivity contribution in [3.8, 4) is 11.5 Å². The van der Waals surface area contributed by atoms with E-state index in [0.29, 0.717) is 34.7 Å². The van der Waals surface area contributed by atoms with E-state index in [9.17, 15) is 19.0 Å². The van der Waals surface area contributed by atoms with Crippen molar-refractivity contribution < 1.29 is 23.7 Å². The normalized spacial score (nSPS) is 14.8. The maximum absolute atomic E-state index is 13.4. The summed E-state index contributed by atoms with van der Waals surface area (Å²) < 4.78 is 32.2. The molecule has 0 saturated carbocycles. The van der Waals surface area contributed by atoms with E-state index in [4.69, 9.17) is 4.74 Å². The summed E-state index contributed by atoms with van der Waals surface area (Å²) in [5.74, 6) is -1.29. The highest BCUT2D eigenvalue weighted by Crippen LogP contribution is 2.39. The van der Waals surface area contributed by atoms with Gasteiger partial charge in [-0.05, 0) is 44.0 Å². The molecule has 5 nitrogen and oxygen atoms in total. The van der Waals surface area contributed by atoms with Crippen LogP contribution in [0.25, 0.3) is 0 Å². The molecule has 3 rings (SSSR count). The van der Waals surface area contributed by atoms with E-state index in [1.54, 1.807) is 0 Å². The van der Waals surface area contributed by atoms with Gasteiger partial charge in [0.25, 0.3) is 0 Å². The number of rotatable bonds is 6. The number of benzene rings is 2. The van der Waals surface area contributed by atoms with Crippen LogP contribution in [-0.2, 0) is 6.42 Å². The number of phenols is 1. The van der Waals surface area contributed by atoms with Gasteiger partial charge in [0.1, 0.15) is 18.1 Å². The van der Waals surface area contributed by atoms with Crippen LogP contribution in [0.5, 0.6) is 11.5 Å². The third kappa shape index (κ3) is 4.61. The summed E-state index contributed by atoms with van der Waals surface area (Å²) in [4.78, 5) is 0. The van der Waals surface area contributed by atoms with Crippen molar-refractivity contribution in [2.24, 2.45) is 0 Å².